The standard InChI is InChI=1S/C19H37BNO4/c1-10-13-15(20-25-18(7,8)19(9,23)11-2)14-21(12-3)16(22)24-17(4,5)6/h13,23H,10-12,14H2,1-9H3/b15-13+. The van der Waals surface area contributed by atoms with Crippen molar-refractivity contribution in [2.45, 2.75) is 92.0 Å². The summed E-state index contributed by atoms with van der Waals surface area (Å²) in [5.74, 6) is 0. The van der Waals surface area contributed by atoms with Crippen LogP contribution in [0, 0.1) is 0 Å². The van der Waals surface area contributed by atoms with Gasteiger partial charge >= 0.3 is 13.6 Å². The van der Waals surface area contributed by atoms with E-state index in [1.807, 2.05) is 61.5 Å². The molecule has 0 saturated carbocycles. The summed E-state index contributed by atoms with van der Waals surface area (Å²) in [6, 6.07) is 0. The average molecular weight is 354 g/mol. The lowest BCUT2D eigenvalue weighted by Gasteiger charge is -2.40. The highest BCUT2D eigenvalue weighted by Gasteiger charge is 2.38. The van der Waals surface area contributed by atoms with Gasteiger partial charge in [0.15, 0.2) is 0 Å². The van der Waals surface area contributed by atoms with Crippen molar-refractivity contribution in [3.05, 3.63) is 11.5 Å². The minimum atomic E-state index is -0.948. The molecule has 145 valence electrons. The largest absolute Gasteiger partial charge is 0.444 e. The molecule has 5 nitrogen and oxygen atoms in total. The number of amides is 1. The topological polar surface area (TPSA) is 59.0 Å². The second-order valence-corrected chi connectivity index (χ2v) is 8.06. The van der Waals surface area contributed by atoms with Gasteiger partial charge in [-0.3, -0.25) is 0 Å². The molecule has 0 aliphatic carbocycles. The molecular weight excluding hydrogens is 317 g/mol. The molecule has 0 saturated heterocycles. The number of rotatable bonds is 9. The van der Waals surface area contributed by atoms with Crippen molar-refractivity contribution < 1.29 is 19.3 Å². The molecule has 25 heavy (non-hydrogen) atoms. The van der Waals surface area contributed by atoms with Crippen molar-refractivity contribution >= 4 is 13.6 Å². The number of nitrogens with zero attached hydrogens (tertiary/aromatic N) is 1. The molecule has 0 aliphatic heterocycles. The third-order valence-corrected chi connectivity index (χ3v) is 4.36. The van der Waals surface area contributed by atoms with Gasteiger partial charge in [-0.25, -0.2) is 4.79 Å². The predicted molar refractivity (Wildman–Crippen MR) is 104 cm³/mol. The average Bonchev–Trinajstić information content (AvgIpc) is 2.47. The van der Waals surface area contributed by atoms with Crippen LogP contribution in [0.5, 0.6) is 0 Å². The highest BCUT2D eigenvalue weighted by Crippen LogP contribution is 2.28. The third-order valence-electron chi connectivity index (χ3n) is 4.36. The first kappa shape index (κ1) is 24.0. The quantitative estimate of drug-likeness (QED) is 0.633. The van der Waals surface area contributed by atoms with Crippen molar-refractivity contribution in [2.24, 2.45) is 0 Å². The first-order valence-electron chi connectivity index (χ1n) is 9.20. The van der Waals surface area contributed by atoms with E-state index in [-0.39, 0.29) is 6.09 Å². The van der Waals surface area contributed by atoms with Gasteiger partial charge in [0.05, 0.1) is 11.2 Å². The molecule has 0 fully saturated rings. The lowest BCUT2D eigenvalue weighted by molar-refractivity contribution is -0.104. The Morgan fingerprint density at radius 2 is 1.68 bits per heavy atom. The van der Waals surface area contributed by atoms with Gasteiger partial charge in [0.25, 0.3) is 0 Å². The molecular formula is C19H37BNO4. The Hall–Kier alpha value is -1.01. The Morgan fingerprint density at radius 1 is 1.12 bits per heavy atom. The summed E-state index contributed by atoms with van der Waals surface area (Å²) in [6.07, 6.45) is 3.08. The van der Waals surface area contributed by atoms with Crippen molar-refractivity contribution in [1.29, 1.82) is 0 Å². The van der Waals surface area contributed by atoms with Crippen molar-refractivity contribution in [2.75, 3.05) is 13.1 Å². The minimum absolute atomic E-state index is 0.342. The number of likely N-dealkylation sites (N-methyl/N-ethyl adjacent to an activating group) is 1. The van der Waals surface area contributed by atoms with Gasteiger partial charge in [-0.05, 0) is 61.3 Å². The van der Waals surface area contributed by atoms with Crippen LogP contribution >= 0.6 is 0 Å². The number of allylic oxidation sites excluding steroid dienone is 1. The van der Waals surface area contributed by atoms with E-state index in [9.17, 15) is 9.90 Å². The second kappa shape index (κ2) is 9.63. The molecule has 1 radical (unpaired) electrons. The zero-order valence-electron chi connectivity index (χ0n) is 17.6. The van der Waals surface area contributed by atoms with E-state index in [1.54, 1.807) is 19.3 Å². The Labute approximate surface area is 155 Å². The fraction of sp³-hybridized carbons (Fsp3) is 0.842. The number of ether oxygens (including phenoxy) is 1. The van der Waals surface area contributed by atoms with Gasteiger partial charge in [0.1, 0.15) is 5.60 Å². The van der Waals surface area contributed by atoms with E-state index in [0.29, 0.717) is 19.5 Å². The van der Waals surface area contributed by atoms with E-state index in [2.05, 4.69) is 0 Å². The molecule has 0 rings (SSSR count). The molecule has 6 heteroatoms. The highest BCUT2D eigenvalue weighted by atomic mass is 16.6. The molecule has 0 aliphatic rings. The van der Waals surface area contributed by atoms with E-state index in [0.717, 1.165) is 11.9 Å². The fourth-order valence-electron chi connectivity index (χ4n) is 2.04. The van der Waals surface area contributed by atoms with Gasteiger partial charge in [0.2, 0.25) is 0 Å². The SMILES string of the molecule is CC/C=C(/[B]OC(C)(C)C(C)(O)CC)CN(CC)C(=O)OC(C)(C)C. The summed E-state index contributed by atoms with van der Waals surface area (Å²) in [5, 5.41) is 10.5. The number of hydrogen-bond acceptors (Lipinski definition) is 4. The lowest BCUT2D eigenvalue weighted by Crippen LogP contribution is -2.50. The maximum Gasteiger partial charge on any atom is 0.410 e. The van der Waals surface area contributed by atoms with Crippen LogP contribution in [0.3, 0.4) is 0 Å². The molecule has 1 unspecified atom stereocenters. The lowest BCUT2D eigenvalue weighted by atomic mass is 9.80. The predicted octanol–water partition coefficient (Wildman–Crippen LogP) is 4.11. The molecule has 1 amide bonds. The number of carbonyl (C=O) groups excluding carboxylic acids is 1. The molecule has 0 aromatic rings. The maximum absolute atomic E-state index is 12.3. The van der Waals surface area contributed by atoms with Gasteiger partial charge in [-0.15, -0.1) is 0 Å². The van der Waals surface area contributed by atoms with E-state index in [4.69, 9.17) is 9.39 Å². The Morgan fingerprint density at radius 3 is 2.08 bits per heavy atom. The van der Waals surface area contributed by atoms with Crippen molar-refractivity contribution in [3.8, 4) is 0 Å². The van der Waals surface area contributed by atoms with Crippen LogP contribution in [0.15, 0.2) is 11.5 Å². The molecule has 0 aromatic heterocycles. The van der Waals surface area contributed by atoms with E-state index in [1.165, 1.54) is 0 Å². The van der Waals surface area contributed by atoms with Crippen molar-refractivity contribution in [3.63, 3.8) is 0 Å². The summed E-state index contributed by atoms with van der Waals surface area (Å²) in [5.41, 5.74) is -1.33. The summed E-state index contributed by atoms with van der Waals surface area (Å²) in [7, 11) is 1.65. The monoisotopic (exact) mass is 354 g/mol. The van der Waals surface area contributed by atoms with Crippen LogP contribution in [-0.2, 0) is 9.39 Å². The third kappa shape index (κ3) is 8.28. The van der Waals surface area contributed by atoms with Gasteiger partial charge in [0, 0.05) is 13.1 Å². The molecule has 0 heterocycles. The summed E-state index contributed by atoms with van der Waals surface area (Å²) in [6.45, 7) is 17.9. The van der Waals surface area contributed by atoms with Crippen LogP contribution in [0.2, 0.25) is 0 Å². The Kier molecular flexibility index (Phi) is 9.24. The van der Waals surface area contributed by atoms with Crippen LogP contribution in [0.4, 0.5) is 4.79 Å². The molecule has 0 aromatic carbocycles. The van der Waals surface area contributed by atoms with Gasteiger partial charge in [-0.2, -0.15) is 0 Å². The number of carbonyl (C=O) groups is 1. The Bertz CT molecular complexity index is 453. The van der Waals surface area contributed by atoms with Crippen LogP contribution in [0.1, 0.15) is 75.2 Å². The first-order valence-corrected chi connectivity index (χ1v) is 9.20. The fourth-order valence-corrected chi connectivity index (χ4v) is 2.04. The van der Waals surface area contributed by atoms with Gasteiger partial charge in [-0.1, -0.05) is 25.4 Å². The smallest absolute Gasteiger partial charge is 0.410 e. The number of aliphatic hydroxyl groups is 1. The Balaban J connectivity index is 5.01. The van der Waals surface area contributed by atoms with Gasteiger partial charge < -0.3 is 19.4 Å². The van der Waals surface area contributed by atoms with Crippen molar-refractivity contribution in [1.82, 2.24) is 4.90 Å². The zero-order chi connectivity index (χ0) is 19.9. The second-order valence-electron chi connectivity index (χ2n) is 8.06. The maximum atomic E-state index is 12.3. The summed E-state index contributed by atoms with van der Waals surface area (Å²) in [4.78, 5) is 14.0. The molecule has 1 N–H and O–H groups in total. The first-order chi connectivity index (χ1) is 11.3. The minimum Gasteiger partial charge on any atom is -0.444 e. The molecule has 0 bridgehead atoms. The van der Waals surface area contributed by atoms with E-state index < -0.39 is 16.8 Å². The molecule has 1 atom stereocenters. The normalized spacial score (nSPS) is 15.5. The summed E-state index contributed by atoms with van der Waals surface area (Å²) >= 11 is 0. The molecule has 0 spiro atoms. The number of hydrogen-bond donors (Lipinski definition) is 1. The summed E-state index contributed by atoms with van der Waals surface area (Å²) < 4.78 is 11.4. The van der Waals surface area contributed by atoms with Crippen LogP contribution in [0.25, 0.3) is 0 Å². The van der Waals surface area contributed by atoms with Crippen LogP contribution in [-0.4, -0.2) is 53.5 Å². The zero-order valence-corrected chi connectivity index (χ0v) is 17.6. The van der Waals surface area contributed by atoms with E-state index >= 15 is 0 Å². The highest BCUT2D eigenvalue weighted by molar-refractivity contribution is 6.38. The van der Waals surface area contributed by atoms with Crippen LogP contribution < -0.4 is 0 Å².